The molecule has 0 spiro atoms. The highest BCUT2D eigenvalue weighted by Gasteiger charge is 2.31. The Bertz CT molecular complexity index is 954. The van der Waals surface area contributed by atoms with Crippen molar-refractivity contribution in [2.24, 2.45) is 5.10 Å². The normalized spacial score (nSPS) is 17.1. The molecule has 0 unspecified atom stereocenters. The van der Waals surface area contributed by atoms with Gasteiger partial charge in [0, 0.05) is 19.0 Å². The van der Waals surface area contributed by atoms with E-state index in [1.54, 1.807) is 36.4 Å². The van der Waals surface area contributed by atoms with Gasteiger partial charge in [0.1, 0.15) is 5.82 Å². The first kappa shape index (κ1) is 18.1. The predicted octanol–water partition coefficient (Wildman–Crippen LogP) is 2.89. The first-order chi connectivity index (χ1) is 12.2. The van der Waals surface area contributed by atoms with Gasteiger partial charge in [0.15, 0.2) is 0 Å². The molecule has 1 N–H and O–H groups in total. The molecule has 0 aromatic heterocycles. The third-order valence-electron chi connectivity index (χ3n) is 4.01. The lowest BCUT2D eigenvalue weighted by molar-refractivity contribution is -0.130. The molecule has 1 atom stereocenters. The maximum atomic E-state index is 13.2. The van der Waals surface area contributed by atoms with Gasteiger partial charge in [-0.2, -0.15) is 5.10 Å². The summed E-state index contributed by atoms with van der Waals surface area (Å²) >= 11 is 0. The minimum atomic E-state index is -3.34. The Morgan fingerprint density at radius 2 is 1.77 bits per heavy atom. The molecule has 0 fully saturated rings. The van der Waals surface area contributed by atoms with Crippen molar-refractivity contribution in [1.29, 1.82) is 0 Å². The van der Waals surface area contributed by atoms with Gasteiger partial charge >= 0.3 is 0 Å². The minimum absolute atomic E-state index is 0.204. The molecule has 1 amide bonds. The number of halogens is 1. The molecule has 136 valence electrons. The van der Waals surface area contributed by atoms with Crippen LogP contribution in [0.15, 0.2) is 53.6 Å². The van der Waals surface area contributed by atoms with Crippen LogP contribution >= 0.6 is 0 Å². The molecule has 0 saturated heterocycles. The van der Waals surface area contributed by atoms with E-state index in [0.717, 1.165) is 17.4 Å². The second kappa shape index (κ2) is 6.87. The molecular formula is C18H18FN3O3S. The number of anilines is 1. The van der Waals surface area contributed by atoms with Crippen molar-refractivity contribution in [3.8, 4) is 0 Å². The van der Waals surface area contributed by atoms with Gasteiger partial charge in [0.05, 0.1) is 18.0 Å². The summed E-state index contributed by atoms with van der Waals surface area (Å²) in [5.41, 5.74) is 2.75. The highest BCUT2D eigenvalue weighted by Crippen LogP contribution is 2.33. The maximum absolute atomic E-state index is 13.2. The number of amides is 1. The standard InChI is InChI=1S/C18H18FN3O3S/c1-12(23)22-18(14-3-7-15(19)8-4-14)11-17(20-22)13-5-9-16(10-6-13)21-26(2,24)25/h3-10,18,21H,11H2,1-2H3/t18-/m1/s1. The van der Waals surface area contributed by atoms with Crippen molar-refractivity contribution in [3.05, 3.63) is 65.5 Å². The molecule has 2 aromatic carbocycles. The van der Waals surface area contributed by atoms with Gasteiger partial charge in [-0.15, -0.1) is 0 Å². The molecule has 1 heterocycles. The molecular weight excluding hydrogens is 357 g/mol. The van der Waals surface area contributed by atoms with Crippen molar-refractivity contribution in [3.63, 3.8) is 0 Å². The number of nitrogens with zero attached hydrogens (tertiary/aromatic N) is 2. The summed E-state index contributed by atoms with van der Waals surface area (Å²) in [4.78, 5) is 12.0. The van der Waals surface area contributed by atoms with Crippen LogP contribution in [0, 0.1) is 5.82 Å². The molecule has 26 heavy (non-hydrogen) atoms. The van der Waals surface area contributed by atoms with E-state index in [4.69, 9.17) is 0 Å². The summed E-state index contributed by atoms with van der Waals surface area (Å²) in [7, 11) is -3.34. The quantitative estimate of drug-likeness (QED) is 0.892. The highest BCUT2D eigenvalue weighted by atomic mass is 32.2. The van der Waals surface area contributed by atoms with Gasteiger partial charge in [0.2, 0.25) is 15.9 Å². The van der Waals surface area contributed by atoms with Gasteiger partial charge < -0.3 is 0 Å². The van der Waals surface area contributed by atoms with Crippen LogP contribution in [0.2, 0.25) is 0 Å². The summed E-state index contributed by atoms with van der Waals surface area (Å²) in [6, 6.07) is 12.5. The molecule has 3 rings (SSSR count). The Morgan fingerprint density at radius 1 is 1.15 bits per heavy atom. The second-order valence-corrected chi connectivity index (χ2v) is 7.88. The largest absolute Gasteiger partial charge is 0.284 e. The molecule has 0 radical (unpaired) electrons. The number of carbonyl (C=O) groups is 1. The number of carbonyl (C=O) groups excluding carboxylic acids is 1. The van der Waals surface area contributed by atoms with Crippen molar-refractivity contribution < 1.29 is 17.6 Å². The Kier molecular flexibility index (Phi) is 4.78. The number of nitrogens with one attached hydrogen (secondary N) is 1. The van der Waals surface area contributed by atoms with E-state index in [0.29, 0.717) is 17.8 Å². The summed E-state index contributed by atoms with van der Waals surface area (Å²) in [5.74, 6) is -0.541. The number of hydrogen-bond acceptors (Lipinski definition) is 4. The fourth-order valence-corrected chi connectivity index (χ4v) is 3.43. The topological polar surface area (TPSA) is 78.8 Å². The lowest BCUT2D eigenvalue weighted by Gasteiger charge is -2.20. The average molecular weight is 375 g/mol. The zero-order valence-corrected chi connectivity index (χ0v) is 15.1. The zero-order chi connectivity index (χ0) is 18.9. The van der Waals surface area contributed by atoms with Crippen LogP contribution < -0.4 is 4.72 Å². The van der Waals surface area contributed by atoms with Crippen LogP contribution in [0.3, 0.4) is 0 Å². The first-order valence-corrected chi connectivity index (χ1v) is 9.83. The third-order valence-corrected chi connectivity index (χ3v) is 4.62. The highest BCUT2D eigenvalue weighted by molar-refractivity contribution is 7.92. The van der Waals surface area contributed by atoms with E-state index in [2.05, 4.69) is 9.82 Å². The van der Waals surface area contributed by atoms with Crippen LogP contribution in [0.5, 0.6) is 0 Å². The minimum Gasteiger partial charge on any atom is -0.284 e. The Morgan fingerprint density at radius 3 is 2.31 bits per heavy atom. The fourth-order valence-electron chi connectivity index (χ4n) is 2.86. The van der Waals surface area contributed by atoms with Crippen LogP contribution in [0.4, 0.5) is 10.1 Å². The molecule has 1 aliphatic rings. The Balaban J connectivity index is 1.85. The summed E-state index contributed by atoms with van der Waals surface area (Å²) in [5, 5.41) is 5.80. The lowest BCUT2D eigenvalue weighted by Crippen LogP contribution is -2.24. The van der Waals surface area contributed by atoms with E-state index in [9.17, 15) is 17.6 Å². The molecule has 0 aliphatic carbocycles. The third kappa shape index (κ3) is 4.08. The number of rotatable bonds is 4. The fraction of sp³-hybridized carbons (Fsp3) is 0.222. The molecule has 0 saturated carbocycles. The molecule has 1 aliphatic heterocycles. The number of benzene rings is 2. The summed E-state index contributed by atoms with van der Waals surface area (Å²) in [6.45, 7) is 1.43. The van der Waals surface area contributed by atoms with Crippen LogP contribution in [-0.4, -0.2) is 31.3 Å². The van der Waals surface area contributed by atoms with Crippen molar-refractivity contribution in [1.82, 2.24) is 5.01 Å². The van der Waals surface area contributed by atoms with Gasteiger partial charge in [-0.1, -0.05) is 24.3 Å². The monoisotopic (exact) mass is 375 g/mol. The second-order valence-electron chi connectivity index (χ2n) is 6.13. The zero-order valence-electron chi connectivity index (χ0n) is 14.3. The van der Waals surface area contributed by atoms with E-state index in [-0.39, 0.29) is 17.8 Å². The molecule has 8 heteroatoms. The lowest BCUT2D eigenvalue weighted by atomic mass is 9.98. The van der Waals surface area contributed by atoms with Gasteiger partial charge in [0.25, 0.3) is 0 Å². The van der Waals surface area contributed by atoms with Gasteiger partial charge in [-0.25, -0.2) is 17.8 Å². The van der Waals surface area contributed by atoms with Crippen molar-refractivity contribution >= 4 is 27.3 Å². The smallest absolute Gasteiger partial charge is 0.240 e. The van der Waals surface area contributed by atoms with Crippen molar-refractivity contribution in [2.75, 3.05) is 11.0 Å². The van der Waals surface area contributed by atoms with E-state index >= 15 is 0 Å². The van der Waals surface area contributed by atoms with E-state index in [1.165, 1.54) is 24.1 Å². The Hall–Kier alpha value is -2.74. The summed E-state index contributed by atoms with van der Waals surface area (Å²) in [6.07, 6.45) is 1.57. The summed E-state index contributed by atoms with van der Waals surface area (Å²) < 4.78 is 38.1. The van der Waals surface area contributed by atoms with Gasteiger partial charge in [-0.3, -0.25) is 9.52 Å². The average Bonchev–Trinajstić information content (AvgIpc) is 3.00. The van der Waals surface area contributed by atoms with Crippen LogP contribution in [0.1, 0.15) is 30.5 Å². The molecule has 0 bridgehead atoms. The predicted molar refractivity (Wildman–Crippen MR) is 97.7 cm³/mol. The van der Waals surface area contributed by atoms with Gasteiger partial charge in [-0.05, 0) is 35.4 Å². The number of hydrazone groups is 1. The SMILES string of the molecule is CC(=O)N1N=C(c2ccc(NS(C)(=O)=O)cc2)C[C@@H]1c1ccc(F)cc1. The van der Waals surface area contributed by atoms with Crippen LogP contribution in [-0.2, 0) is 14.8 Å². The molecule has 2 aromatic rings. The number of sulfonamides is 1. The molecule has 6 nitrogen and oxygen atoms in total. The first-order valence-electron chi connectivity index (χ1n) is 7.94. The van der Waals surface area contributed by atoms with Crippen molar-refractivity contribution in [2.45, 2.75) is 19.4 Å². The maximum Gasteiger partial charge on any atom is 0.240 e. The van der Waals surface area contributed by atoms with E-state index in [1.807, 2.05) is 0 Å². The number of hydrogen-bond donors (Lipinski definition) is 1. The van der Waals surface area contributed by atoms with E-state index < -0.39 is 10.0 Å². The Labute approximate surface area is 151 Å². The van der Waals surface area contributed by atoms with Crippen LogP contribution in [0.25, 0.3) is 0 Å².